The zero-order valence-corrected chi connectivity index (χ0v) is 15.0. The van der Waals surface area contributed by atoms with E-state index in [0.29, 0.717) is 56.1 Å². The van der Waals surface area contributed by atoms with E-state index >= 15 is 0 Å². The molecule has 1 heterocycles. The van der Waals surface area contributed by atoms with Crippen LogP contribution in [0.3, 0.4) is 0 Å². The van der Waals surface area contributed by atoms with Crippen LogP contribution in [0.4, 0.5) is 0 Å². The summed E-state index contributed by atoms with van der Waals surface area (Å²) < 4.78 is 15.6. The lowest BCUT2D eigenvalue weighted by Crippen LogP contribution is -2.43. The van der Waals surface area contributed by atoms with Crippen molar-refractivity contribution in [3.63, 3.8) is 0 Å². The fraction of sp³-hybridized carbons (Fsp3) is 0.556. The van der Waals surface area contributed by atoms with Crippen molar-refractivity contribution in [2.45, 2.75) is 12.8 Å². The topological polar surface area (TPSA) is 77.1 Å². The van der Waals surface area contributed by atoms with Gasteiger partial charge in [0.2, 0.25) is 5.91 Å². The van der Waals surface area contributed by atoms with Crippen LogP contribution in [0.2, 0.25) is 0 Å². The zero-order valence-electron chi connectivity index (χ0n) is 15.0. The SMILES string of the molecule is COCCNC(=O)C1CCN(C(=O)c2c(OC)cccc2OC)CC1. The summed E-state index contributed by atoms with van der Waals surface area (Å²) >= 11 is 0. The molecule has 0 spiro atoms. The Kier molecular flexibility index (Phi) is 7.06. The van der Waals surface area contributed by atoms with Gasteiger partial charge in [-0.2, -0.15) is 0 Å². The van der Waals surface area contributed by atoms with Gasteiger partial charge in [-0.15, -0.1) is 0 Å². The number of nitrogens with one attached hydrogen (secondary N) is 1. The Morgan fingerprint density at radius 1 is 1.12 bits per heavy atom. The predicted octanol–water partition coefficient (Wildman–Crippen LogP) is 1.32. The summed E-state index contributed by atoms with van der Waals surface area (Å²) in [6, 6.07) is 5.27. The minimum atomic E-state index is -0.132. The highest BCUT2D eigenvalue weighted by atomic mass is 16.5. The van der Waals surface area contributed by atoms with Crippen molar-refractivity contribution in [3.8, 4) is 11.5 Å². The third-order valence-electron chi connectivity index (χ3n) is 4.40. The fourth-order valence-corrected chi connectivity index (χ4v) is 2.99. The summed E-state index contributed by atoms with van der Waals surface area (Å²) in [6.45, 7) is 2.06. The molecule has 1 aromatic rings. The summed E-state index contributed by atoms with van der Waals surface area (Å²) in [5.41, 5.74) is 0.426. The number of carbonyl (C=O) groups excluding carboxylic acids is 2. The molecule has 1 aliphatic rings. The van der Waals surface area contributed by atoms with Gasteiger partial charge < -0.3 is 24.4 Å². The number of hydrogen-bond donors (Lipinski definition) is 1. The molecule has 25 heavy (non-hydrogen) atoms. The number of hydrogen-bond acceptors (Lipinski definition) is 5. The van der Waals surface area contributed by atoms with E-state index in [1.807, 2.05) is 0 Å². The number of rotatable bonds is 7. The molecule has 0 saturated carbocycles. The van der Waals surface area contributed by atoms with Crippen LogP contribution < -0.4 is 14.8 Å². The molecule has 7 nitrogen and oxygen atoms in total. The Morgan fingerprint density at radius 3 is 2.24 bits per heavy atom. The average molecular weight is 350 g/mol. The maximum absolute atomic E-state index is 12.9. The van der Waals surface area contributed by atoms with Crippen LogP contribution in [0.25, 0.3) is 0 Å². The first kappa shape index (κ1) is 19.1. The van der Waals surface area contributed by atoms with Crippen molar-refractivity contribution >= 4 is 11.8 Å². The third-order valence-corrected chi connectivity index (χ3v) is 4.40. The van der Waals surface area contributed by atoms with Crippen molar-refractivity contribution in [2.75, 3.05) is 47.6 Å². The van der Waals surface area contributed by atoms with Crippen LogP contribution in [0.1, 0.15) is 23.2 Å². The van der Waals surface area contributed by atoms with Crippen molar-refractivity contribution in [1.29, 1.82) is 0 Å². The quantitative estimate of drug-likeness (QED) is 0.751. The van der Waals surface area contributed by atoms with E-state index in [4.69, 9.17) is 14.2 Å². The minimum absolute atomic E-state index is 0.0269. The van der Waals surface area contributed by atoms with Crippen molar-refractivity contribution in [1.82, 2.24) is 10.2 Å². The Bertz CT molecular complexity index is 575. The molecular formula is C18H26N2O5. The molecule has 1 N–H and O–H groups in total. The second-order valence-corrected chi connectivity index (χ2v) is 5.89. The van der Waals surface area contributed by atoms with Crippen molar-refractivity contribution < 1.29 is 23.8 Å². The van der Waals surface area contributed by atoms with E-state index in [9.17, 15) is 9.59 Å². The monoisotopic (exact) mass is 350 g/mol. The summed E-state index contributed by atoms with van der Waals surface area (Å²) in [7, 11) is 4.66. The molecule has 1 fully saturated rings. The van der Waals surface area contributed by atoms with E-state index in [1.165, 1.54) is 14.2 Å². The molecule has 0 aliphatic carbocycles. The highest BCUT2D eigenvalue weighted by Crippen LogP contribution is 2.31. The maximum atomic E-state index is 12.9. The number of likely N-dealkylation sites (tertiary alicyclic amines) is 1. The summed E-state index contributed by atoms with van der Waals surface area (Å²) in [6.07, 6.45) is 1.28. The number of piperidine rings is 1. The molecule has 2 amide bonds. The van der Waals surface area contributed by atoms with Gasteiger partial charge in [0.15, 0.2) is 0 Å². The summed E-state index contributed by atoms with van der Waals surface area (Å²) in [5.74, 6) is 0.805. The van der Waals surface area contributed by atoms with Gasteiger partial charge in [-0.1, -0.05) is 6.07 Å². The smallest absolute Gasteiger partial charge is 0.261 e. The molecule has 138 valence electrons. The number of nitrogens with zero attached hydrogens (tertiary/aromatic N) is 1. The Hall–Kier alpha value is -2.28. The average Bonchev–Trinajstić information content (AvgIpc) is 2.66. The number of amides is 2. The van der Waals surface area contributed by atoms with Gasteiger partial charge in [-0.3, -0.25) is 9.59 Å². The summed E-state index contributed by atoms with van der Waals surface area (Å²) in [5, 5.41) is 2.86. The van der Waals surface area contributed by atoms with Crippen LogP contribution in [-0.2, 0) is 9.53 Å². The van der Waals surface area contributed by atoms with Gasteiger partial charge in [-0.25, -0.2) is 0 Å². The van der Waals surface area contributed by atoms with E-state index < -0.39 is 0 Å². The standard InChI is InChI=1S/C18H26N2O5/c1-23-12-9-19-17(21)13-7-10-20(11-8-13)18(22)16-14(24-2)5-4-6-15(16)25-3/h4-6,13H,7-12H2,1-3H3,(H,19,21). The van der Waals surface area contributed by atoms with Gasteiger partial charge in [0, 0.05) is 32.7 Å². The van der Waals surface area contributed by atoms with Crippen molar-refractivity contribution in [3.05, 3.63) is 23.8 Å². The molecule has 2 rings (SSSR count). The van der Waals surface area contributed by atoms with E-state index in [0.717, 1.165) is 0 Å². The highest BCUT2D eigenvalue weighted by molar-refractivity contribution is 5.99. The van der Waals surface area contributed by atoms with Gasteiger partial charge in [0.25, 0.3) is 5.91 Å². The fourth-order valence-electron chi connectivity index (χ4n) is 2.99. The second-order valence-electron chi connectivity index (χ2n) is 5.89. The first-order valence-electron chi connectivity index (χ1n) is 8.39. The van der Waals surface area contributed by atoms with Crippen LogP contribution in [0, 0.1) is 5.92 Å². The molecular weight excluding hydrogens is 324 g/mol. The lowest BCUT2D eigenvalue weighted by Gasteiger charge is -2.32. The Balaban J connectivity index is 1.99. The molecule has 0 aromatic heterocycles. The van der Waals surface area contributed by atoms with Crippen LogP contribution in [0.15, 0.2) is 18.2 Å². The Labute approximate surface area is 148 Å². The van der Waals surface area contributed by atoms with Gasteiger partial charge in [0.1, 0.15) is 17.1 Å². The first-order valence-corrected chi connectivity index (χ1v) is 8.39. The van der Waals surface area contributed by atoms with E-state index in [1.54, 1.807) is 30.2 Å². The number of carbonyl (C=O) groups is 2. The maximum Gasteiger partial charge on any atom is 0.261 e. The second kappa shape index (κ2) is 9.27. The largest absolute Gasteiger partial charge is 0.496 e. The van der Waals surface area contributed by atoms with E-state index in [2.05, 4.69) is 5.32 Å². The van der Waals surface area contributed by atoms with Crippen LogP contribution >= 0.6 is 0 Å². The molecule has 0 atom stereocenters. The third kappa shape index (κ3) is 4.63. The lowest BCUT2D eigenvalue weighted by molar-refractivity contribution is -0.126. The number of ether oxygens (including phenoxy) is 3. The molecule has 1 aliphatic heterocycles. The van der Waals surface area contributed by atoms with Crippen LogP contribution in [0.5, 0.6) is 11.5 Å². The van der Waals surface area contributed by atoms with E-state index in [-0.39, 0.29) is 17.7 Å². The predicted molar refractivity (Wildman–Crippen MR) is 93.1 cm³/mol. The molecule has 1 saturated heterocycles. The molecule has 0 unspecified atom stereocenters. The van der Waals surface area contributed by atoms with Crippen LogP contribution in [-0.4, -0.2) is 64.3 Å². The normalized spacial score (nSPS) is 14.9. The number of benzene rings is 1. The van der Waals surface area contributed by atoms with Gasteiger partial charge in [-0.05, 0) is 25.0 Å². The molecule has 0 radical (unpaired) electrons. The summed E-state index contributed by atoms with van der Waals surface area (Å²) in [4.78, 5) is 26.8. The first-order chi connectivity index (χ1) is 12.1. The highest BCUT2D eigenvalue weighted by Gasteiger charge is 2.30. The van der Waals surface area contributed by atoms with Crippen molar-refractivity contribution in [2.24, 2.45) is 5.92 Å². The Morgan fingerprint density at radius 2 is 1.72 bits per heavy atom. The molecule has 1 aromatic carbocycles. The minimum Gasteiger partial charge on any atom is -0.496 e. The lowest BCUT2D eigenvalue weighted by atomic mass is 9.95. The van der Waals surface area contributed by atoms with Gasteiger partial charge in [0.05, 0.1) is 20.8 Å². The number of methoxy groups -OCH3 is 3. The molecule has 7 heteroatoms. The van der Waals surface area contributed by atoms with Gasteiger partial charge >= 0.3 is 0 Å². The zero-order chi connectivity index (χ0) is 18.2. The molecule has 0 bridgehead atoms.